The molecular formula is C20H15F6N3O2S. The lowest BCUT2D eigenvalue weighted by Crippen LogP contribution is -2.35. The molecule has 3 aromatic rings. The number of benzene rings is 1. The zero-order valence-corrected chi connectivity index (χ0v) is 17.1. The number of hydrogen-bond acceptors (Lipinski definition) is 4. The average Bonchev–Trinajstić information content (AvgIpc) is 3.25. The number of rotatable bonds is 5. The van der Waals surface area contributed by atoms with Gasteiger partial charge >= 0.3 is 12.4 Å². The first-order chi connectivity index (χ1) is 14.9. The fourth-order valence-corrected chi connectivity index (χ4v) is 3.50. The van der Waals surface area contributed by atoms with Crippen LogP contribution in [0.1, 0.15) is 34.5 Å². The zero-order valence-electron chi connectivity index (χ0n) is 16.3. The van der Waals surface area contributed by atoms with E-state index >= 15 is 0 Å². The number of halogens is 6. The smallest absolute Gasteiger partial charge is 0.350 e. The minimum absolute atomic E-state index is 0.0566. The number of carbonyl (C=O) groups excluding carboxylic acids is 1. The summed E-state index contributed by atoms with van der Waals surface area (Å²) in [6.45, 7) is 1.28. The van der Waals surface area contributed by atoms with E-state index in [0.717, 1.165) is 9.56 Å². The molecule has 170 valence electrons. The molecule has 0 bridgehead atoms. The third kappa shape index (κ3) is 5.36. The molecule has 0 spiro atoms. The minimum atomic E-state index is -5.07. The van der Waals surface area contributed by atoms with Crippen LogP contribution < -0.4 is 10.9 Å². The van der Waals surface area contributed by atoms with Crippen molar-refractivity contribution in [3.05, 3.63) is 74.9 Å². The van der Waals surface area contributed by atoms with Crippen LogP contribution in [0.2, 0.25) is 0 Å². The van der Waals surface area contributed by atoms with E-state index in [1.807, 2.05) is 5.38 Å². The Labute approximate surface area is 181 Å². The lowest BCUT2D eigenvalue weighted by atomic mass is 10.0. The van der Waals surface area contributed by atoms with Crippen molar-refractivity contribution in [1.82, 2.24) is 15.1 Å². The summed E-state index contributed by atoms with van der Waals surface area (Å²) in [4.78, 5) is 25.3. The second kappa shape index (κ2) is 8.77. The van der Waals surface area contributed by atoms with Crippen molar-refractivity contribution in [2.45, 2.75) is 25.3 Å². The summed E-state index contributed by atoms with van der Waals surface area (Å²) < 4.78 is 79.0. The van der Waals surface area contributed by atoms with Crippen LogP contribution in [-0.2, 0) is 12.4 Å². The second-order valence-corrected chi connectivity index (χ2v) is 7.78. The predicted octanol–water partition coefficient (Wildman–Crippen LogP) is 5.00. The molecule has 5 nitrogen and oxygen atoms in total. The third-order valence-corrected chi connectivity index (χ3v) is 5.32. The van der Waals surface area contributed by atoms with Crippen molar-refractivity contribution >= 4 is 17.2 Å². The summed E-state index contributed by atoms with van der Waals surface area (Å²) in [6, 6.07) is 6.30. The molecule has 12 heteroatoms. The van der Waals surface area contributed by atoms with Crippen molar-refractivity contribution in [2.24, 2.45) is 0 Å². The molecule has 0 radical (unpaired) electrons. The van der Waals surface area contributed by atoms with E-state index in [0.29, 0.717) is 17.8 Å². The Kier molecular flexibility index (Phi) is 6.44. The second-order valence-electron chi connectivity index (χ2n) is 6.83. The molecule has 1 unspecified atom stereocenters. The van der Waals surface area contributed by atoms with Crippen LogP contribution in [0.3, 0.4) is 0 Å². The fourth-order valence-electron chi connectivity index (χ4n) is 2.81. The monoisotopic (exact) mass is 475 g/mol. The van der Waals surface area contributed by atoms with Gasteiger partial charge in [0.05, 0.1) is 22.0 Å². The van der Waals surface area contributed by atoms with Crippen LogP contribution in [0.15, 0.2) is 52.6 Å². The Balaban J connectivity index is 1.81. The standard InChI is InChI=1S/C20H15F6N3O2S/c1-11(29-17(30)5-4-15(28-29)16-3-2-6-32-16)10-27-18(31)12-7-13(19(21,22)23)9-14(8-12)20(24,25)26/h2-9,11H,10H2,1H3,(H,27,31). The van der Waals surface area contributed by atoms with Gasteiger partial charge in [-0.25, -0.2) is 4.68 Å². The van der Waals surface area contributed by atoms with E-state index in [2.05, 4.69) is 10.4 Å². The fraction of sp³-hybridized carbons (Fsp3) is 0.250. The number of alkyl halides is 6. The Morgan fingerprint density at radius 1 is 1.06 bits per heavy atom. The van der Waals surface area contributed by atoms with Crippen LogP contribution in [-0.4, -0.2) is 22.2 Å². The Morgan fingerprint density at radius 2 is 1.69 bits per heavy atom. The number of amides is 1. The summed E-state index contributed by atoms with van der Waals surface area (Å²) in [5, 5.41) is 8.31. The molecule has 1 amide bonds. The lowest BCUT2D eigenvalue weighted by Gasteiger charge is -2.17. The number of carbonyl (C=O) groups is 1. The molecule has 2 aromatic heterocycles. The first-order valence-corrected chi connectivity index (χ1v) is 9.95. The number of nitrogens with one attached hydrogen (secondary N) is 1. The van der Waals surface area contributed by atoms with Gasteiger partial charge in [0.25, 0.3) is 11.5 Å². The highest BCUT2D eigenvalue weighted by atomic mass is 32.1. The number of aromatic nitrogens is 2. The number of thiophene rings is 1. The molecule has 0 aliphatic rings. The molecule has 1 N–H and O–H groups in total. The highest BCUT2D eigenvalue weighted by Gasteiger charge is 2.37. The van der Waals surface area contributed by atoms with E-state index in [1.165, 1.54) is 30.4 Å². The maximum Gasteiger partial charge on any atom is 0.416 e. The first-order valence-electron chi connectivity index (χ1n) is 9.07. The van der Waals surface area contributed by atoms with Gasteiger partial charge < -0.3 is 5.32 Å². The summed E-state index contributed by atoms with van der Waals surface area (Å²) in [6.07, 6.45) is -10.1. The highest BCUT2D eigenvalue weighted by molar-refractivity contribution is 7.13. The van der Waals surface area contributed by atoms with Crippen LogP contribution in [0.4, 0.5) is 26.3 Å². The predicted molar refractivity (Wildman–Crippen MR) is 105 cm³/mol. The SMILES string of the molecule is CC(CNC(=O)c1cc(C(F)(F)F)cc(C(F)(F)F)c1)n1nc(-c2cccs2)ccc1=O. The molecular weight excluding hydrogens is 460 g/mol. The largest absolute Gasteiger partial charge is 0.416 e. The molecule has 1 aromatic carbocycles. The van der Waals surface area contributed by atoms with E-state index in [-0.39, 0.29) is 12.6 Å². The molecule has 0 aliphatic carbocycles. The summed E-state index contributed by atoms with van der Waals surface area (Å²) >= 11 is 1.39. The molecule has 0 saturated carbocycles. The Bertz CT molecular complexity index is 1140. The molecule has 3 rings (SSSR count). The first kappa shape index (κ1) is 23.5. The third-order valence-electron chi connectivity index (χ3n) is 4.42. The van der Waals surface area contributed by atoms with E-state index < -0.39 is 46.6 Å². The van der Waals surface area contributed by atoms with Gasteiger partial charge in [0.2, 0.25) is 0 Å². The molecule has 0 aliphatic heterocycles. The normalized spacial score (nSPS) is 13.1. The summed E-state index contributed by atoms with van der Waals surface area (Å²) in [5.41, 5.74) is -3.96. The van der Waals surface area contributed by atoms with Crippen molar-refractivity contribution in [1.29, 1.82) is 0 Å². The van der Waals surface area contributed by atoms with Gasteiger partial charge in [0.15, 0.2) is 0 Å². The quantitative estimate of drug-likeness (QED) is 0.529. The highest BCUT2D eigenvalue weighted by Crippen LogP contribution is 2.36. The molecule has 0 saturated heterocycles. The topological polar surface area (TPSA) is 64.0 Å². The molecule has 1 atom stereocenters. The van der Waals surface area contributed by atoms with Crippen LogP contribution in [0.5, 0.6) is 0 Å². The van der Waals surface area contributed by atoms with Gasteiger partial charge in [-0.3, -0.25) is 9.59 Å². The van der Waals surface area contributed by atoms with Gasteiger partial charge in [-0.15, -0.1) is 11.3 Å². The van der Waals surface area contributed by atoms with Crippen LogP contribution in [0.25, 0.3) is 10.6 Å². The molecule has 0 fully saturated rings. The van der Waals surface area contributed by atoms with Gasteiger partial charge in [-0.05, 0) is 42.6 Å². The van der Waals surface area contributed by atoms with Crippen LogP contribution >= 0.6 is 11.3 Å². The van der Waals surface area contributed by atoms with E-state index in [1.54, 1.807) is 12.1 Å². The maximum absolute atomic E-state index is 13.0. The molecule has 2 heterocycles. The van der Waals surface area contributed by atoms with Crippen molar-refractivity contribution in [3.63, 3.8) is 0 Å². The number of nitrogens with zero attached hydrogens (tertiary/aromatic N) is 2. The minimum Gasteiger partial charge on any atom is -0.350 e. The summed E-state index contributed by atoms with van der Waals surface area (Å²) in [5.74, 6) is -1.14. The van der Waals surface area contributed by atoms with Gasteiger partial charge in [0.1, 0.15) is 5.69 Å². The average molecular weight is 475 g/mol. The van der Waals surface area contributed by atoms with Gasteiger partial charge in [0, 0.05) is 18.2 Å². The Morgan fingerprint density at radius 3 is 2.22 bits per heavy atom. The van der Waals surface area contributed by atoms with E-state index in [9.17, 15) is 35.9 Å². The van der Waals surface area contributed by atoms with Crippen molar-refractivity contribution in [2.75, 3.05) is 6.54 Å². The van der Waals surface area contributed by atoms with Crippen molar-refractivity contribution < 1.29 is 31.1 Å². The maximum atomic E-state index is 13.0. The lowest BCUT2D eigenvalue weighted by molar-refractivity contribution is -0.143. The van der Waals surface area contributed by atoms with E-state index in [4.69, 9.17) is 0 Å². The van der Waals surface area contributed by atoms with Gasteiger partial charge in [-0.1, -0.05) is 6.07 Å². The van der Waals surface area contributed by atoms with Crippen molar-refractivity contribution in [3.8, 4) is 10.6 Å². The van der Waals surface area contributed by atoms with Crippen LogP contribution in [0, 0.1) is 0 Å². The summed E-state index contributed by atoms with van der Waals surface area (Å²) in [7, 11) is 0. The Hall–Kier alpha value is -3.15. The van der Waals surface area contributed by atoms with Gasteiger partial charge in [-0.2, -0.15) is 31.4 Å². The molecule has 32 heavy (non-hydrogen) atoms. The zero-order chi connectivity index (χ0) is 23.7. The number of hydrogen-bond donors (Lipinski definition) is 1.